The van der Waals surface area contributed by atoms with Crippen molar-refractivity contribution in [3.05, 3.63) is 35.9 Å². The zero-order chi connectivity index (χ0) is 14.1. The smallest absolute Gasteiger partial charge is 0.249 e. The van der Waals surface area contributed by atoms with Crippen molar-refractivity contribution in [3.8, 4) is 5.88 Å². The molecule has 1 aliphatic rings. The first kappa shape index (κ1) is 12.9. The van der Waals surface area contributed by atoms with Crippen molar-refractivity contribution in [1.82, 2.24) is 4.98 Å². The molecule has 0 radical (unpaired) electrons. The van der Waals surface area contributed by atoms with Crippen LogP contribution in [0.5, 0.6) is 5.88 Å². The van der Waals surface area contributed by atoms with Gasteiger partial charge in [0.05, 0.1) is 11.1 Å². The Hall–Kier alpha value is -2.14. The summed E-state index contributed by atoms with van der Waals surface area (Å²) in [5.74, 6) is -0.0657. The molecule has 1 aromatic heterocycles. The lowest BCUT2D eigenvalue weighted by atomic mass is 10.1. The molecule has 20 heavy (non-hydrogen) atoms. The summed E-state index contributed by atoms with van der Waals surface area (Å²) < 4.78 is 5.84. The van der Waals surface area contributed by atoms with Crippen molar-refractivity contribution in [2.75, 3.05) is 0 Å². The Kier molecular flexibility index (Phi) is 3.28. The average molecular weight is 271 g/mol. The third-order valence-electron chi connectivity index (χ3n) is 3.73. The Morgan fingerprint density at radius 1 is 1.30 bits per heavy atom. The quantitative estimate of drug-likeness (QED) is 0.886. The largest absolute Gasteiger partial charge is 0.473 e. The molecule has 0 aliphatic heterocycles. The minimum Gasteiger partial charge on any atom is -0.473 e. The lowest BCUT2D eigenvalue weighted by molar-refractivity contribution is 0.100. The average Bonchev–Trinajstić information content (AvgIpc) is 2.83. The summed E-state index contributed by atoms with van der Waals surface area (Å²) in [5.41, 5.74) is 12.6. The molecule has 2 atom stereocenters. The van der Waals surface area contributed by atoms with Gasteiger partial charge < -0.3 is 16.2 Å². The predicted octanol–water partition coefficient (Wildman–Crippen LogP) is 1.59. The van der Waals surface area contributed by atoms with Crippen LogP contribution in [-0.2, 0) is 0 Å². The molecule has 104 valence electrons. The standard InChI is InChI=1S/C15H17N3O2/c16-11-5-3-7-13(11)20-14-8-10(15(17)19)9-4-1-2-6-12(9)18-14/h1-2,4,6,8,11,13H,3,5,7,16H2,(H2,17,19). The summed E-state index contributed by atoms with van der Waals surface area (Å²) in [6.45, 7) is 0. The molecule has 0 saturated heterocycles. The second-order valence-electron chi connectivity index (χ2n) is 5.14. The maximum atomic E-state index is 11.6. The van der Waals surface area contributed by atoms with E-state index < -0.39 is 5.91 Å². The number of amides is 1. The molecule has 0 bridgehead atoms. The number of aromatic nitrogens is 1. The number of ether oxygens (including phenoxy) is 1. The molecule has 1 aromatic carbocycles. The molecule has 3 rings (SSSR count). The molecule has 1 amide bonds. The van der Waals surface area contributed by atoms with Crippen LogP contribution in [0, 0.1) is 0 Å². The first-order valence-electron chi connectivity index (χ1n) is 6.77. The van der Waals surface area contributed by atoms with E-state index in [1.54, 1.807) is 6.07 Å². The minimum absolute atomic E-state index is 0.0281. The van der Waals surface area contributed by atoms with Crippen molar-refractivity contribution >= 4 is 16.8 Å². The highest BCUT2D eigenvalue weighted by molar-refractivity contribution is 6.05. The third kappa shape index (κ3) is 2.32. The molecular weight excluding hydrogens is 254 g/mol. The van der Waals surface area contributed by atoms with Gasteiger partial charge in [-0.2, -0.15) is 0 Å². The van der Waals surface area contributed by atoms with Gasteiger partial charge >= 0.3 is 0 Å². The number of hydrogen-bond donors (Lipinski definition) is 2. The number of carbonyl (C=O) groups excluding carboxylic acids is 1. The second kappa shape index (κ2) is 5.09. The van der Waals surface area contributed by atoms with Crippen molar-refractivity contribution < 1.29 is 9.53 Å². The maximum Gasteiger partial charge on any atom is 0.249 e. The van der Waals surface area contributed by atoms with E-state index in [0.29, 0.717) is 17.0 Å². The summed E-state index contributed by atoms with van der Waals surface area (Å²) in [6.07, 6.45) is 2.90. The molecular formula is C15H17N3O2. The molecule has 1 fully saturated rings. The van der Waals surface area contributed by atoms with Gasteiger partial charge in [0, 0.05) is 17.5 Å². The summed E-state index contributed by atoms with van der Waals surface area (Å²) in [7, 11) is 0. The van der Waals surface area contributed by atoms with Gasteiger partial charge in [0.1, 0.15) is 6.10 Å². The van der Waals surface area contributed by atoms with Crippen molar-refractivity contribution in [3.63, 3.8) is 0 Å². The first-order chi connectivity index (χ1) is 9.65. The Morgan fingerprint density at radius 3 is 2.80 bits per heavy atom. The van der Waals surface area contributed by atoms with E-state index in [2.05, 4.69) is 4.98 Å². The number of benzene rings is 1. The second-order valence-corrected chi connectivity index (χ2v) is 5.14. The Labute approximate surface area is 116 Å². The zero-order valence-electron chi connectivity index (χ0n) is 11.1. The topological polar surface area (TPSA) is 91.2 Å². The summed E-state index contributed by atoms with van der Waals surface area (Å²) in [4.78, 5) is 16.0. The van der Waals surface area contributed by atoms with Crippen LogP contribution in [0.25, 0.3) is 10.9 Å². The number of nitrogens with zero attached hydrogens (tertiary/aromatic N) is 1. The van der Waals surface area contributed by atoms with Gasteiger partial charge in [-0.1, -0.05) is 18.2 Å². The van der Waals surface area contributed by atoms with Gasteiger partial charge in [0.25, 0.3) is 0 Å². The van der Waals surface area contributed by atoms with E-state index in [9.17, 15) is 4.79 Å². The fourth-order valence-electron chi connectivity index (χ4n) is 2.67. The number of fused-ring (bicyclic) bond motifs is 1. The normalized spacial score (nSPS) is 22.1. The molecule has 0 spiro atoms. The SMILES string of the molecule is NC(=O)c1cc(OC2CCCC2N)nc2ccccc12. The third-order valence-corrected chi connectivity index (χ3v) is 3.73. The molecule has 5 heteroatoms. The summed E-state index contributed by atoms with van der Waals surface area (Å²) in [5, 5.41) is 0.739. The summed E-state index contributed by atoms with van der Waals surface area (Å²) in [6, 6.07) is 9.02. The van der Waals surface area contributed by atoms with E-state index in [1.165, 1.54) is 0 Å². The lowest BCUT2D eigenvalue weighted by Crippen LogP contribution is -2.33. The Bertz CT molecular complexity index is 657. The number of hydrogen-bond acceptors (Lipinski definition) is 4. The molecule has 4 N–H and O–H groups in total. The van der Waals surface area contributed by atoms with Gasteiger partial charge in [-0.25, -0.2) is 4.98 Å². The number of carbonyl (C=O) groups is 1. The van der Waals surface area contributed by atoms with Crippen LogP contribution in [0.15, 0.2) is 30.3 Å². The Balaban J connectivity index is 2.01. The summed E-state index contributed by atoms with van der Waals surface area (Å²) >= 11 is 0. The maximum absolute atomic E-state index is 11.6. The van der Waals surface area contributed by atoms with Crippen molar-refractivity contribution in [2.45, 2.75) is 31.4 Å². The number of primary amides is 1. The van der Waals surface area contributed by atoms with E-state index in [-0.39, 0.29) is 12.1 Å². The van der Waals surface area contributed by atoms with Crippen molar-refractivity contribution in [2.24, 2.45) is 11.5 Å². The molecule has 5 nitrogen and oxygen atoms in total. The van der Waals surface area contributed by atoms with E-state index >= 15 is 0 Å². The molecule has 2 aromatic rings. The van der Waals surface area contributed by atoms with Crippen LogP contribution in [0.1, 0.15) is 29.6 Å². The van der Waals surface area contributed by atoms with Crippen LogP contribution in [-0.4, -0.2) is 23.0 Å². The number of nitrogens with two attached hydrogens (primary N) is 2. The Morgan fingerprint density at radius 2 is 2.10 bits per heavy atom. The van der Waals surface area contributed by atoms with Gasteiger partial charge in [0.15, 0.2) is 0 Å². The predicted molar refractivity (Wildman–Crippen MR) is 76.5 cm³/mol. The fourth-order valence-corrected chi connectivity index (χ4v) is 2.67. The lowest BCUT2D eigenvalue weighted by Gasteiger charge is -2.17. The van der Waals surface area contributed by atoms with Crippen LogP contribution in [0.4, 0.5) is 0 Å². The highest BCUT2D eigenvalue weighted by Crippen LogP contribution is 2.26. The zero-order valence-corrected chi connectivity index (χ0v) is 11.1. The van der Waals surface area contributed by atoms with Gasteiger partial charge in [-0.15, -0.1) is 0 Å². The molecule has 1 heterocycles. The van der Waals surface area contributed by atoms with Crippen LogP contribution in [0.3, 0.4) is 0 Å². The van der Waals surface area contributed by atoms with Crippen LogP contribution in [0.2, 0.25) is 0 Å². The van der Waals surface area contributed by atoms with Crippen LogP contribution >= 0.6 is 0 Å². The highest BCUT2D eigenvalue weighted by atomic mass is 16.5. The number of pyridine rings is 1. The number of rotatable bonds is 3. The monoisotopic (exact) mass is 271 g/mol. The van der Waals surface area contributed by atoms with E-state index in [0.717, 1.165) is 24.6 Å². The van der Waals surface area contributed by atoms with E-state index in [4.69, 9.17) is 16.2 Å². The van der Waals surface area contributed by atoms with Gasteiger partial charge in [0.2, 0.25) is 11.8 Å². The fraction of sp³-hybridized carbons (Fsp3) is 0.333. The van der Waals surface area contributed by atoms with Crippen LogP contribution < -0.4 is 16.2 Å². The minimum atomic E-state index is -0.482. The molecule has 1 saturated carbocycles. The number of para-hydroxylation sites is 1. The van der Waals surface area contributed by atoms with Crippen molar-refractivity contribution in [1.29, 1.82) is 0 Å². The van der Waals surface area contributed by atoms with Gasteiger partial charge in [-0.05, 0) is 25.3 Å². The highest BCUT2D eigenvalue weighted by Gasteiger charge is 2.26. The molecule has 1 aliphatic carbocycles. The van der Waals surface area contributed by atoms with E-state index in [1.807, 2.05) is 24.3 Å². The molecule has 2 unspecified atom stereocenters. The first-order valence-corrected chi connectivity index (χ1v) is 6.77. The van der Waals surface area contributed by atoms with Gasteiger partial charge in [-0.3, -0.25) is 4.79 Å².